The maximum atomic E-state index is 12.8. The highest BCUT2D eigenvalue weighted by atomic mass is 19.4. The van der Waals surface area contributed by atoms with E-state index >= 15 is 0 Å². The minimum Gasteiger partial charge on any atom is -0.460 e. The Balaban J connectivity index is 1.67. The predicted octanol–water partition coefficient (Wildman–Crippen LogP) is 4.45. The molecule has 0 aliphatic heterocycles. The number of benzene rings is 2. The van der Waals surface area contributed by atoms with Gasteiger partial charge in [-0.05, 0) is 36.8 Å². The number of nitrogens with one attached hydrogen (secondary N) is 1. The van der Waals surface area contributed by atoms with Crippen LogP contribution in [0.15, 0.2) is 59.0 Å². The number of halogens is 3. The number of para-hydroxylation sites is 1. The summed E-state index contributed by atoms with van der Waals surface area (Å²) in [6.45, 7) is 1.93. The molecule has 132 valence electrons. The fourth-order valence-electron chi connectivity index (χ4n) is 2.69. The van der Waals surface area contributed by atoms with Gasteiger partial charge in [0.25, 0.3) is 0 Å². The lowest BCUT2D eigenvalue weighted by atomic mass is 9.94. The van der Waals surface area contributed by atoms with E-state index in [1.807, 2.05) is 30.3 Å². The van der Waals surface area contributed by atoms with Gasteiger partial charge >= 0.3 is 6.18 Å². The van der Waals surface area contributed by atoms with E-state index in [9.17, 15) is 18.3 Å². The van der Waals surface area contributed by atoms with Crippen molar-refractivity contribution in [1.82, 2.24) is 5.32 Å². The largest absolute Gasteiger partial charge is 0.460 e. The molecule has 1 unspecified atom stereocenters. The van der Waals surface area contributed by atoms with E-state index < -0.39 is 17.3 Å². The maximum absolute atomic E-state index is 12.8. The van der Waals surface area contributed by atoms with Crippen molar-refractivity contribution >= 4 is 11.0 Å². The minimum atomic E-state index is -4.44. The second kappa shape index (κ2) is 6.54. The van der Waals surface area contributed by atoms with E-state index in [0.29, 0.717) is 12.3 Å². The zero-order valence-corrected chi connectivity index (χ0v) is 13.6. The molecular formula is C19H18F3NO2. The molecule has 0 fully saturated rings. The standard InChI is InChI=1S/C19H18F3NO2/c1-18(24,14-6-4-7-15(10-14)19(20,21)22)12-23-11-16-9-13-5-2-3-8-17(13)25-16/h2-10,23-24H,11-12H2,1H3. The van der Waals surface area contributed by atoms with Crippen molar-refractivity contribution in [2.45, 2.75) is 25.2 Å². The first-order valence-corrected chi connectivity index (χ1v) is 7.84. The van der Waals surface area contributed by atoms with Crippen LogP contribution in [0.4, 0.5) is 13.2 Å². The second-order valence-corrected chi connectivity index (χ2v) is 6.21. The molecule has 2 aromatic carbocycles. The lowest BCUT2D eigenvalue weighted by Crippen LogP contribution is -2.35. The molecule has 0 bridgehead atoms. The van der Waals surface area contributed by atoms with Gasteiger partial charge in [0.2, 0.25) is 0 Å². The van der Waals surface area contributed by atoms with Crippen LogP contribution < -0.4 is 5.32 Å². The number of hydrogen-bond donors (Lipinski definition) is 2. The summed E-state index contributed by atoms with van der Waals surface area (Å²) in [5, 5.41) is 14.5. The van der Waals surface area contributed by atoms with E-state index in [1.54, 1.807) is 0 Å². The van der Waals surface area contributed by atoms with Gasteiger partial charge in [0.15, 0.2) is 0 Å². The third kappa shape index (κ3) is 4.03. The molecule has 3 nitrogen and oxygen atoms in total. The van der Waals surface area contributed by atoms with Crippen molar-refractivity contribution in [3.8, 4) is 0 Å². The molecule has 3 aromatic rings. The smallest absolute Gasteiger partial charge is 0.416 e. The fraction of sp³-hybridized carbons (Fsp3) is 0.263. The SMILES string of the molecule is CC(O)(CNCc1cc2ccccc2o1)c1cccc(C(F)(F)F)c1. The molecule has 0 amide bonds. The van der Waals surface area contributed by atoms with Gasteiger partial charge in [0, 0.05) is 11.9 Å². The van der Waals surface area contributed by atoms with Gasteiger partial charge < -0.3 is 14.8 Å². The molecule has 0 saturated carbocycles. The van der Waals surface area contributed by atoms with Gasteiger partial charge in [-0.1, -0.05) is 30.3 Å². The van der Waals surface area contributed by atoms with Gasteiger partial charge in [0.05, 0.1) is 17.7 Å². The highest BCUT2D eigenvalue weighted by Crippen LogP contribution is 2.32. The van der Waals surface area contributed by atoms with Crippen LogP contribution >= 0.6 is 0 Å². The zero-order valence-electron chi connectivity index (χ0n) is 13.6. The van der Waals surface area contributed by atoms with Crippen molar-refractivity contribution < 1.29 is 22.7 Å². The third-order valence-electron chi connectivity index (χ3n) is 4.06. The summed E-state index contributed by atoms with van der Waals surface area (Å²) in [7, 11) is 0. The monoisotopic (exact) mass is 349 g/mol. The van der Waals surface area contributed by atoms with Crippen LogP contribution in [0.25, 0.3) is 11.0 Å². The van der Waals surface area contributed by atoms with Crippen molar-refractivity contribution in [1.29, 1.82) is 0 Å². The Labute approximate surface area is 143 Å². The topological polar surface area (TPSA) is 45.4 Å². The Hall–Kier alpha value is -2.31. The normalized spacial score (nSPS) is 14.6. The lowest BCUT2D eigenvalue weighted by molar-refractivity contribution is -0.137. The van der Waals surface area contributed by atoms with E-state index in [-0.39, 0.29) is 12.1 Å². The van der Waals surface area contributed by atoms with Crippen LogP contribution in [0.5, 0.6) is 0 Å². The number of fused-ring (bicyclic) bond motifs is 1. The van der Waals surface area contributed by atoms with Crippen LogP contribution in [-0.4, -0.2) is 11.7 Å². The average molecular weight is 349 g/mol. The van der Waals surface area contributed by atoms with E-state index in [1.165, 1.54) is 19.1 Å². The second-order valence-electron chi connectivity index (χ2n) is 6.21. The first-order chi connectivity index (χ1) is 11.8. The van der Waals surface area contributed by atoms with E-state index in [0.717, 1.165) is 23.1 Å². The van der Waals surface area contributed by atoms with Gasteiger partial charge in [-0.3, -0.25) is 0 Å². The van der Waals surface area contributed by atoms with Crippen LogP contribution in [0.2, 0.25) is 0 Å². The molecule has 0 aliphatic rings. The molecule has 3 rings (SSSR count). The third-order valence-corrected chi connectivity index (χ3v) is 4.06. The predicted molar refractivity (Wildman–Crippen MR) is 88.9 cm³/mol. The Morgan fingerprint density at radius 1 is 1.00 bits per heavy atom. The van der Waals surface area contributed by atoms with Crippen LogP contribution in [0, 0.1) is 0 Å². The van der Waals surface area contributed by atoms with Crippen LogP contribution in [0.1, 0.15) is 23.8 Å². The molecule has 1 aromatic heterocycles. The van der Waals surface area contributed by atoms with Crippen molar-refractivity contribution in [3.63, 3.8) is 0 Å². The van der Waals surface area contributed by atoms with Crippen molar-refractivity contribution in [2.24, 2.45) is 0 Å². The number of hydrogen-bond acceptors (Lipinski definition) is 3. The zero-order chi connectivity index (χ0) is 18.1. The fourth-order valence-corrected chi connectivity index (χ4v) is 2.69. The minimum absolute atomic E-state index is 0.0886. The Kier molecular flexibility index (Phi) is 4.58. The molecule has 0 saturated heterocycles. The van der Waals surface area contributed by atoms with E-state index in [4.69, 9.17) is 4.42 Å². The average Bonchev–Trinajstić information content (AvgIpc) is 2.96. The Morgan fingerprint density at radius 3 is 2.44 bits per heavy atom. The van der Waals surface area contributed by atoms with Crippen LogP contribution in [0.3, 0.4) is 0 Å². The van der Waals surface area contributed by atoms with Gasteiger partial charge in [0.1, 0.15) is 11.3 Å². The molecule has 6 heteroatoms. The summed E-state index contributed by atoms with van der Waals surface area (Å²) in [5.41, 5.74) is -1.24. The highest BCUT2D eigenvalue weighted by molar-refractivity contribution is 5.77. The van der Waals surface area contributed by atoms with E-state index in [2.05, 4.69) is 5.32 Å². The molecular weight excluding hydrogens is 331 g/mol. The maximum Gasteiger partial charge on any atom is 0.416 e. The first kappa shape index (κ1) is 17.5. The Bertz CT molecular complexity index is 835. The summed E-state index contributed by atoms with van der Waals surface area (Å²) >= 11 is 0. The molecule has 2 N–H and O–H groups in total. The van der Waals surface area contributed by atoms with Crippen molar-refractivity contribution in [3.05, 3.63) is 71.5 Å². The molecule has 25 heavy (non-hydrogen) atoms. The summed E-state index contributed by atoms with van der Waals surface area (Å²) in [4.78, 5) is 0. The first-order valence-electron chi connectivity index (χ1n) is 7.84. The number of furan rings is 1. The quantitative estimate of drug-likeness (QED) is 0.715. The van der Waals surface area contributed by atoms with Crippen molar-refractivity contribution in [2.75, 3.05) is 6.54 Å². The Morgan fingerprint density at radius 2 is 1.72 bits per heavy atom. The number of rotatable bonds is 5. The number of aliphatic hydroxyl groups is 1. The lowest BCUT2D eigenvalue weighted by Gasteiger charge is -2.25. The summed E-state index contributed by atoms with van der Waals surface area (Å²) in [5.74, 6) is 0.695. The summed E-state index contributed by atoms with van der Waals surface area (Å²) < 4.78 is 44.1. The number of alkyl halides is 3. The molecule has 0 spiro atoms. The summed E-state index contributed by atoms with van der Waals surface area (Å²) in [6.07, 6.45) is -4.44. The van der Waals surface area contributed by atoms with Gasteiger partial charge in [-0.2, -0.15) is 13.2 Å². The summed E-state index contributed by atoms with van der Waals surface area (Å²) in [6, 6.07) is 14.2. The van der Waals surface area contributed by atoms with Gasteiger partial charge in [-0.25, -0.2) is 0 Å². The molecule has 0 aliphatic carbocycles. The highest BCUT2D eigenvalue weighted by Gasteiger charge is 2.32. The molecule has 1 atom stereocenters. The van der Waals surface area contributed by atoms with Crippen LogP contribution in [-0.2, 0) is 18.3 Å². The molecule has 1 heterocycles. The van der Waals surface area contributed by atoms with Gasteiger partial charge in [-0.15, -0.1) is 0 Å². The molecule has 0 radical (unpaired) electrons.